The van der Waals surface area contributed by atoms with Crippen molar-refractivity contribution < 1.29 is 14.3 Å². The van der Waals surface area contributed by atoms with E-state index in [2.05, 4.69) is 5.32 Å². The summed E-state index contributed by atoms with van der Waals surface area (Å²) in [6, 6.07) is 17.8. The second-order valence-corrected chi connectivity index (χ2v) is 9.14. The predicted octanol–water partition coefficient (Wildman–Crippen LogP) is 4.12. The van der Waals surface area contributed by atoms with Crippen molar-refractivity contribution in [2.24, 2.45) is 0 Å². The summed E-state index contributed by atoms with van der Waals surface area (Å²) in [6.07, 6.45) is 4.29. The maximum Gasteiger partial charge on any atom is 0.271 e. The Balaban J connectivity index is 1.54. The van der Waals surface area contributed by atoms with Crippen LogP contribution in [0.3, 0.4) is 0 Å². The maximum absolute atomic E-state index is 13.8. The molecule has 1 atom stereocenters. The average molecular weight is 432 g/mol. The standard InChI is InChI=1S/C26H29N3O3/c1-26(25(31)27-20-8-4-5-9-20)17-28-22-10-6-3-7-19(22)15-23(28)24(30)29(26)16-18-11-13-21(32-2)14-12-18/h3,6-7,10-15,20H,4-5,8-9,16-17H2,1-2H3,(H,27,31). The van der Waals surface area contributed by atoms with E-state index in [9.17, 15) is 9.59 Å². The van der Waals surface area contributed by atoms with Gasteiger partial charge in [-0.3, -0.25) is 9.59 Å². The number of hydrogen-bond acceptors (Lipinski definition) is 3. The molecule has 1 fully saturated rings. The van der Waals surface area contributed by atoms with Crippen LogP contribution in [0.2, 0.25) is 0 Å². The van der Waals surface area contributed by atoms with E-state index in [-0.39, 0.29) is 17.9 Å². The molecule has 0 bridgehead atoms. The lowest BCUT2D eigenvalue weighted by Crippen LogP contribution is -2.64. The third-order valence-electron chi connectivity index (χ3n) is 7.02. The SMILES string of the molecule is COc1ccc(CN2C(=O)c3cc4ccccc4n3CC2(C)C(=O)NC2CCCC2)cc1. The van der Waals surface area contributed by atoms with Gasteiger partial charge in [0.1, 0.15) is 17.0 Å². The monoisotopic (exact) mass is 431 g/mol. The Kier molecular flexibility index (Phi) is 5.16. The van der Waals surface area contributed by atoms with Crippen molar-refractivity contribution in [1.82, 2.24) is 14.8 Å². The molecule has 2 aromatic carbocycles. The van der Waals surface area contributed by atoms with Crippen LogP contribution in [0.15, 0.2) is 54.6 Å². The molecular weight excluding hydrogens is 402 g/mol. The Bertz CT molecular complexity index is 1160. The van der Waals surface area contributed by atoms with Gasteiger partial charge in [0, 0.05) is 23.5 Å². The van der Waals surface area contributed by atoms with Crippen LogP contribution in [-0.2, 0) is 17.9 Å². The highest BCUT2D eigenvalue weighted by Gasteiger charge is 2.48. The molecule has 6 nitrogen and oxygen atoms in total. The van der Waals surface area contributed by atoms with Crippen LogP contribution < -0.4 is 10.1 Å². The number of para-hydroxylation sites is 1. The predicted molar refractivity (Wildman–Crippen MR) is 124 cm³/mol. The maximum atomic E-state index is 13.8. The molecule has 1 unspecified atom stereocenters. The number of nitrogens with zero attached hydrogens (tertiary/aromatic N) is 2. The first kappa shape index (κ1) is 20.6. The Labute approximate surface area is 188 Å². The normalized spacial score (nSPS) is 21.1. The molecule has 166 valence electrons. The zero-order valence-electron chi connectivity index (χ0n) is 18.6. The summed E-state index contributed by atoms with van der Waals surface area (Å²) in [5, 5.41) is 4.26. The van der Waals surface area contributed by atoms with Crippen LogP contribution in [0.1, 0.15) is 48.7 Å². The lowest BCUT2D eigenvalue weighted by atomic mass is 9.93. The van der Waals surface area contributed by atoms with Crippen molar-refractivity contribution in [2.45, 2.75) is 57.3 Å². The molecule has 1 aliphatic heterocycles. The topological polar surface area (TPSA) is 63.6 Å². The molecule has 1 aromatic heterocycles. The third-order valence-corrected chi connectivity index (χ3v) is 7.02. The number of amides is 2. The van der Waals surface area contributed by atoms with Gasteiger partial charge in [-0.2, -0.15) is 0 Å². The average Bonchev–Trinajstić information content (AvgIpc) is 3.45. The number of rotatable bonds is 5. The molecular formula is C26H29N3O3. The smallest absolute Gasteiger partial charge is 0.271 e. The Morgan fingerprint density at radius 1 is 1.12 bits per heavy atom. The number of aromatic nitrogens is 1. The second-order valence-electron chi connectivity index (χ2n) is 9.14. The number of carbonyl (C=O) groups excluding carboxylic acids is 2. The molecule has 1 aliphatic carbocycles. The van der Waals surface area contributed by atoms with Crippen LogP contribution in [0.25, 0.3) is 10.9 Å². The number of methoxy groups -OCH3 is 1. The molecule has 2 heterocycles. The van der Waals surface area contributed by atoms with Crippen molar-refractivity contribution >= 4 is 22.7 Å². The van der Waals surface area contributed by atoms with Gasteiger partial charge < -0.3 is 19.5 Å². The van der Waals surface area contributed by atoms with Crippen molar-refractivity contribution in [3.8, 4) is 5.75 Å². The van der Waals surface area contributed by atoms with E-state index < -0.39 is 5.54 Å². The van der Waals surface area contributed by atoms with E-state index in [1.54, 1.807) is 12.0 Å². The molecule has 2 amide bonds. The Hall–Kier alpha value is -3.28. The molecule has 5 rings (SSSR count). The largest absolute Gasteiger partial charge is 0.497 e. The summed E-state index contributed by atoms with van der Waals surface area (Å²) in [6.45, 7) is 2.69. The Morgan fingerprint density at radius 2 is 1.84 bits per heavy atom. The van der Waals surface area contributed by atoms with Gasteiger partial charge in [-0.05, 0) is 49.6 Å². The van der Waals surface area contributed by atoms with Gasteiger partial charge in [0.15, 0.2) is 0 Å². The van der Waals surface area contributed by atoms with Gasteiger partial charge in [-0.15, -0.1) is 0 Å². The van der Waals surface area contributed by atoms with Crippen molar-refractivity contribution in [3.05, 3.63) is 65.9 Å². The summed E-state index contributed by atoms with van der Waals surface area (Å²) < 4.78 is 7.28. The van der Waals surface area contributed by atoms with E-state index in [0.717, 1.165) is 47.9 Å². The van der Waals surface area contributed by atoms with Crippen molar-refractivity contribution in [2.75, 3.05) is 7.11 Å². The first-order valence-electron chi connectivity index (χ1n) is 11.3. The molecule has 1 saturated carbocycles. The first-order valence-corrected chi connectivity index (χ1v) is 11.3. The van der Waals surface area contributed by atoms with Gasteiger partial charge >= 0.3 is 0 Å². The summed E-state index contributed by atoms with van der Waals surface area (Å²) >= 11 is 0. The van der Waals surface area contributed by atoms with Gasteiger partial charge in [-0.25, -0.2) is 0 Å². The minimum absolute atomic E-state index is 0.0744. The molecule has 1 N–H and O–H groups in total. The summed E-state index contributed by atoms with van der Waals surface area (Å²) in [4.78, 5) is 29.2. The van der Waals surface area contributed by atoms with E-state index in [1.807, 2.05) is 66.1 Å². The number of fused-ring (bicyclic) bond motifs is 3. The molecule has 0 radical (unpaired) electrons. The number of benzene rings is 2. The minimum atomic E-state index is -0.992. The molecule has 32 heavy (non-hydrogen) atoms. The van der Waals surface area contributed by atoms with Gasteiger partial charge in [0.05, 0.1) is 13.7 Å². The van der Waals surface area contributed by atoms with Gasteiger partial charge in [0.25, 0.3) is 5.91 Å². The fraction of sp³-hybridized carbons (Fsp3) is 0.385. The summed E-state index contributed by atoms with van der Waals surface area (Å²) in [5.41, 5.74) is 1.59. The van der Waals surface area contributed by atoms with E-state index in [0.29, 0.717) is 18.8 Å². The number of nitrogens with one attached hydrogen (secondary N) is 1. The number of carbonyl (C=O) groups is 2. The highest BCUT2D eigenvalue weighted by molar-refractivity contribution is 6.03. The first-order chi connectivity index (χ1) is 15.5. The van der Waals surface area contributed by atoms with Gasteiger partial charge in [0.2, 0.25) is 5.91 Å². The van der Waals surface area contributed by atoms with Crippen LogP contribution >= 0.6 is 0 Å². The van der Waals surface area contributed by atoms with Crippen LogP contribution in [0.4, 0.5) is 0 Å². The molecule has 0 saturated heterocycles. The van der Waals surface area contributed by atoms with Gasteiger partial charge in [-0.1, -0.05) is 43.2 Å². The third kappa shape index (κ3) is 3.44. The zero-order valence-corrected chi connectivity index (χ0v) is 18.6. The quantitative estimate of drug-likeness (QED) is 0.661. The van der Waals surface area contributed by atoms with E-state index >= 15 is 0 Å². The molecule has 3 aromatic rings. The van der Waals surface area contributed by atoms with Crippen LogP contribution in [0, 0.1) is 0 Å². The lowest BCUT2D eigenvalue weighted by Gasteiger charge is -2.44. The van der Waals surface area contributed by atoms with E-state index in [4.69, 9.17) is 4.74 Å². The highest BCUT2D eigenvalue weighted by atomic mass is 16.5. The lowest BCUT2D eigenvalue weighted by molar-refractivity contribution is -0.133. The molecule has 0 spiro atoms. The zero-order chi connectivity index (χ0) is 22.3. The Morgan fingerprint density at radius 3 is 2.56 bits per heavy atom. The molecule has 2 aliphatic rings. The number of ether oxygens (including phenoxy) is 1. The number of hydrogen-bond donors (Lipinski definition) is 1. The van der Waals surface area contributed by atoms with Crippen molar-refractivity contribution in [3.63, 3.8) is 0 Å². The second kappa shape index (κ2) is 8.01. The molecule has 6 heteroatoms. The fourth-order valence-corrected chi connectivity index (χ4v) is 5.08. The van der Waals surface area contributed by atoms with Crippen LogP contribution in [-0.4, -0.2) is 40.0 Å². The summed E-state index contributed by atoms with van der Waals surface area (Å²) in [5.74, 6) is 0.572. The minimum Gasteiger partial charge on any atom is -0.497 e. The van der Waals surface area contributed by atoms with Crippen LogP contribution in [0.5, 0.6) is 5.75 Å². The van der Waals surface area contributed by atoms with E-state index in [1.165, 1.54) is 0 Å². The fourth-order valence-electron chi connectivity index (χ4n) is 5.08. The highest BCUT2D eigenvalue weighted by Crippen LogP contribution is 2.34. The van der Waals surface area contributed by atoms with Crippen molar-refractivity contribution in [1.29, 1.82) is 0 Å². The summed E-state index contributed by atoms with van der Waals surface area (Å²) in [7, 11) is 1.63.